The van der Waals surface area contributed by atoms with E-state index < -0.39 is 215 Å². The third kappa shape index (κ3) is 21.0. The summed E-state index contributed by atoms with van der Waals surface area (Å²) in [5, 5.41) is 126. The number of carbonyl (C=O) groups is 8. The molecule has 21 N–H and O–H groups in total. The minimum Gasteiger partial charge on any atom is -0.508 e. The largest absolute Gasteiger partial charge is 0.508 e. The van der Waals surface area contributed by atoms with Gasteiger partial charge >= 0.3 is 0 Å². The molecule has 34 nitrogen and oxygen atoms in total. The fraction of sp³-hybridized carbons (Fsp3) is 0.519. The highest BCUT2D eigenvalue weighted by Gasteiger charge is 2.52. The Labute approximate surface area is 673 Å². The summed E-state index contributed by atoms with van der Waals surface area (Å²) in [4.78, 5) is 120. The number of hydrogen-bond donors (Lipinski definition) is 19. The van der Waals surface area contributed by atoms with E-state index in [4.69, 9.17) is 63.1 Å². The molecule has 8 aliphatic rings. The molecule has 8 amide bonds. The number of hydrogen-bond acceptors (Lipinski definition) is 25. The van der Waals surface area contributed by atoms with Crippen LogP contribution >= 0.6 is 23.2 Å². The Hall–Kier alpha value is -9.24. The Bertz CT molecular complexity index is 4410. The Morgan fingerprint density at radius 3 is 1.91 bits per heavy atom. The Kier molecular flexibility index (Phi) is 29.0. The summed E-state index contributed by atoms with van der Waals surface area (Å²) in [7, 11) is 5.62. The van der Waals surface area contributed by atoms with Crippen LogP contribution in [0, 0.1) is 5.92 Å². The maximum atomic E-state index is 16.2. The van der Waals surface area contributed by atoms with Crippen molar-refractivity contribution in [2.45, 2.75) is 208 Å². The van der Waals surface area contributed by atoms with Crippen LogP contribution in [0.5, 0.6) is 46.0 Å². The highest BCUT2D eigenvalue weighted by molar-refractivity contribution is 6.32. The third-order valence-electron chi connectivity index (χ3n) is 21.1. The van der Waals surface area contributed by atoms with Gasteiger partial charge in [-0.15, -0.1) is 0 Å². The number of aromatic hydroxyl groups is 3. The summed E-state index contributed by atoms with van der Waals surface area (Å²) >= 11 is 14.3. The molecule has 115 heavy (non-hydrogen) atoms. The maximum absolute atomic E-state index is 16.2. The molecule has 0 radical (unpaired) electrons. The van der Waals surface area contributed by atoms with Gasteiger partial charge in [0.2, 0.25) is 59.3 Å². The number of carbonyl (C=O) groups excluding carboxylic acids is 8. The molecular formula is C79H104Cl2N11O23+. The third-order valence-corrected chi connectivity index (χ3v) is 21.7. The number of aliphatic hydroxyl groups excluding tert-OH is 6. The van der Waals surface area contributed by atoms with Crippen molar-refractivity contribution in [1.29, 1.82) is 0 Å². The van der Waals surface area contributed by atoms with E-state index in [-0.39, 0.29) is 75.2 Å². The number of nitrogens with two attached hydrogens (primary N) is 2. The molecule has 18 atom stereocenters. The fourth-order valence-corrected chi connectivity index (χ4v) is 15.2. The number of halogens is 2. The van der Waals surface area contributed by atoms with Crippen LogP contribution in [-0.4, -0.2) is 224 Å². The highest BCUT2D eigenvalue weighted by Crippen LogP contribution is 2.50. The van der Waals surface area contributed by atoms with Crippen molar-refractivity contribution in [3.05, 3.63) is 117 Å². The molecule has 2 fully saturated rings. The normalized spacial score (nSPS) is 27.4. The number of benzene rings is 5. The number of ether oxygens (including phenoxy) is 6. The van der Waals surface area contributed by atoms with E-state index in [0.29, 0.717) is 17.4 Å². The number of primary amides is 1. The van der Waals surface area contributed by atoms with E-state index in [2.05, 4.69) is 63.6 Å². The first-order chi connectivity index (χ1) is 54.4. The number of nitrogens with zero attached hydrogens (tertiary/aromatic N) is 1. The maximum Gasteiger partial charge on any atom is 0.248 e. The van der Waals surface area contributed by atoms with Gasteiger partial charge in [0, 0.05) is 42.1 Å². The minimum absolute atomic E-state index is 0.0356. The van der Waals surface area contributed by atoms with Gasteiger partial charge in [-0.2, -0.15) is 0 Å². The zero-order chi connectivity index (χ0) is 83.8. The summed E-state index contributed by atoms with van der Waals surface area (Å²) in [5.74, 6) is -14.4. The molecular weight excluding hydrogens is 1540 g/mol. The van der Waals surface area contributed by atoms with Crippen LogP contribution in [0.1, 0.15) is 157 Å². The van der Waals surface area contributed by atoms with Gasteiger partial charge < -0.3 is 133 Å². The number of rotatable bonds is 24. The predicted octanol–water partition coefficient (Wildman–Crippen LogP) is 2.96. The molecule has 0 aliphatic carbocycles. The van der Waals surface area contributed by atoms with Crippen LogP contribution in [0.15, 0.2) is 78.9 Å². The van der Waals surface area contributed by atoms with Crippen molar-refractivity contribution in [3.63, 3.8) is 0 Å². The van der Waals surface area contributed by atoms with Gasteiger partial charge in [-0.1, -0.05) is 93.9 Å². The summed E-state index contributed by atoms with van der Waals surface area (Å²) < 4.78 is 39.3. The molecule has 0 unspecified atom stereocenters. The van der Waals surface area contributed by atoms with Crippen LogP contribution in [0.2, 0.25) is 10.0 Å². The fourth-order valence-electron chi connectivity index (χ4n) is 14.8. The molecule has 13 rings (SSSR count). The lowest BCUT2D eigenvalue weighted by molar-refractivity contribution is -0.890. The molecule has 5 aromatic carbocycles. The van der Waals surface area contributed by atoms with E-state index in [0.717, 1.165) is 87.5 Å². The van der Waals surface area contributed by atoms with Crippen molar-refractivity contribution in [3.8, 4) is 57.1 Å². The lowest BCUT2D eigenvalue weighted by Crippen LogP contribution is -2.64. The Balaban J connectivity index is 1.17. The SMILES string of the molecule is CCCCCCCC[N+](C)(C)CCCNC(=O)[C@H]1NC(=O)[C@H]2NC(=O)[C@H](NC(=O)[C@@H]3NC(=O)[C@H](CC(N)=O)NC(=O)[C@H](NC(=O)[C@@H](CC(C)C)NC)[C@H](O)c4ccc(c(Cl)c4)Oc4cc3cc(c4O[C@@H]3O[C@H](CO)[C@@H](O)[C@H](O)[C@H]3O[C@H]3C[C@](C)(N)[C@H](O)[C@H](C)O3)Oc3ccc(cc3Cl)[C@H]2O)c2ccc(c(O)c2)-c2c(O)cc(O)cc21. The van der Waals surface area contributed by atoms with Gasteiger partial charge in [-0.25, -0.2) is 0 Å². The molecule has 0 saturated carbocycles. The molecule has 8 heterocycles. The first kappa shape index (κ1) is 88.1. The number of phenols is 3. The van der Waals surface area contributed by atoms with E-state index >= 15 is 19.2 Å². The Morgan fingerprint density at radius 1 is 0.696 bits per heavy atom. The lowest BCUT2D eigenvalue weighted by atomic mass is 9.86. The van der Waals surface area contributed by atoms with E-state index in [1.165, 1.54) is 57.3 Å². The molecule has 36 heteroatoms. The van der Waals surface area contributed by atoms with Crippen LogP contribution in [-0.2, 0) is 52.6 Å². The van der Waals surface area contributed by atoms with Crippen molar-refractivity contribution in [1.82, 2.24) is 42.5 Å². The Morgan fingerprint density at radius 2 is 1.30 bits per heavy atom. The second-order valence-electron chi connectivity index (χ2n) is 31.2. The van der Waals surface area contributed by atoms with Gasteiger partial charge in [-0.05, 0) is 122 Å². The van der Waals surface area contributed by atoms with Gasteiger partial charge in [0.15, 0.2) is 23.9 Å². The lowest BCUT2D eigenvalue weighted by Gasteiger charge is -2.47. The first-order valence-electron chi connectivity index (χ1n) is 38.2. The first-order valence-corrected chi connectivity index (χ1v) is 39.0. The number of nitrogens with one attached hydrogen (secondary N) is 8. The molecule has 5 aromatic rings. The van der Waals surface area contributed by atoms with Gasteiger partial charge in [0.25, 0.3) is 0 Å². The second-order valence-corrected chi connectivity index (χ2v) is 32.0. The number of phenolic OH excluding ortho intramolecular Hbond substituents is 3. The van der Waals surface area contributed by atoms with E-state index in [1.54, 1.807) is 0 Å². The van der Waals surface area contributed by atoms with Crippen LogP contribution in [0.25, 0.3) is 11.1 Å². The summed E-state index contributed by atoms with van der Waals surface area (Å²) in [6.45, 7) is 9.36. The summed E-state index contributed by atoms with van der Waals surface area (Å²) in [6.07, 6.45) is -11.5. The van der Waals surface area contributed by atoms with Gasteiger partial charge in [-0.3, -0.25) is 38.4 Å². The van der Waals surface area contributed by atoms with Crippen LogP contribution in [0.3, 0.4) is 0 Å². The van der Waals surface area contributed by atoms with Crippen molar-refractivity contribution >= 4 is 70.5 Å². The molecule has 8 aliphatic heterocycles. The minimum atomic E-state index is -2.33. The monoisotopic (exact) mass is 1640 g/mol. The van der Waals surface area contributed by atoms with Gasteiger partial charge in [0.05, 0.1) is 68.5 Å². The quantitative estimate of drug-likeness (QED) is 0.0312. The van der Waals surface area contributed by atoms with E-state index in [9.17, 15) is 65.1 Å². The predicted molar refractivity (Wildman–Crippen MR) is 415 cm³/mol. The number of fused-ring (bicyclic) bond motifs is 15. The number of likely N-dealkylation sites (N-methyl/N-ethyl adjacent to an activating group) is 1. The second kappa shape index (κ2) is 37.8. The molecule has 11 bridgehead atoms. The standard InChI is InChI=1S/C79H103Cl2N11O23/c1-9-10-11-12-13-14-23-92(7,8)24-15-22-85-73(105)61-44-31-42(94)32-50(96)58(44)43-19-16-38(28-49(43)95)59-74(106)91-63(77(109)89-61)65(99)40-18-21-52(46(81)27-40)112-54-30-41-29-53(68(54)115-78-69(67(101)66(100)55(35-93)113-78)114-57-34-79(5,83)70(102)37(4)110-57)111-51-20-17-39(26-45(51)80)64(98)62(90-71(103)47(84-6)25-36(2)3)76(108)86-48(33-56(82)97)72(104)87-60(41)75(107)88-59/h16-21,26-32,36-37,47-48,55,57,59-67,69-70,78,84,93,98-102H,9-15,22-25,33-35,83H2,1-8H3,(H11-,82,85,86,87,88,89,90,91,94,95,96,97,103,104,105,106,107,108,109)/p+1/t37-,47+,48-,55+,57-,59+,60+,61-,62+,63-,64+,65+,66+,67-,69+,70+,78-,79-/m0/s1. The zero-order valence-corrected chi connectivity index (χ0v) is 66.4. The van der Waals surface area contributed by atoms with Crippen molar-refractivity contribution in [2.75, 3.05) is 47.4 Å². The smallest absolute Gasteiger partial charge is 0.248 e. The summed E-state index contributed by atoms with van der Waals surface area (Å²) in [5.41, 5.74) is 8.94. The van der Waals surface area contributed by atoms with Crippen LogP contribution in [0.4, 0.5) is 0 Å². The average molecular weight is 1650 g/mol. The molecule has 0 aromatic heterocycles. The number of unbranched alkanes of at least 4 members (excludes halogenated alkanes) is 5. The number of amides is 8. The number of quaternary nitrogens is 1. The molecule has 0 spiro atoms. The van der Waals surface area contributed by atoms with Gasteiger partial charge in [0.1, 0.15) is 95.5 Å². The summed E-state index contributed by atoms with van der Waals surface area (Å²) in [6, 6.07) is 0.726. The molecule has 2 saturated heterocycles. The average Bonchev–Trinajstić information content (AvgIpc) is 1.56. The zero-order valence-electron chi connectivity index (χ0n) is 64.9. The molecule has 626 valence electrons. The highest BCUT2D eigenvalue weighted by atomic mass is 35.5. The van der Waals surface area contributed by atoms with Crippen molar-refractivity contribution in [2.24, 2.45) is 17.4 Å². The van der Waals surface area contributed by atoms with E-state index in [1.807, 2.05) is 13.8 Å². The van der Waals surface area contributed by atoms with Crippen LogP contribution < -0.4 is 68.2 Å². The number of aliphatic hydroxyl groups is 6. The van der Waals surface area contributed by atoms with Crippen molar-refractivity contribution < 1.29 is 117 Å². The topological polar surface area (TPSA) is 522 Å².